The van der Waals surface area contributed by atoms with Gasteiger partial charge in [0.1, 0.15) is 0 Å². The van der Waals surface area contributed by atoms with Crippen molar-refractivity contribution in [1.82, 2.24) is 25.3 Å². The maximum Gasteiger partial charge on any atom is 0.225 e. The summed E-state index contributed by atoms with van der Waals surface area (Å²) in [5.74, 6) is 1.62. The first kappa shape index (κ1) is 27.6. The molecule has 2 aliphatic heterocycles. The van der Waals surface area contributed by atoms with Gasteiger partial charge in [0.05, 0.1) is 0 Å². The number of methoxy groups -OCH3 is 1. The van der Waals surface area contributed by atoms with Gasteiger partial charge in [-0.2, -0.15) is 0 Å². The Balaban J connectivity index is 0.00000363. The van der Waals surface area contributed by atoms with E-state index in [-0.39, 0.29) is 24.0 Å². The molecule has 0 atom stereocenters. The number of piperidine rings is 1. The molecule has 0 aromatic heterocycles. The third-order valence-electron chi connectivity index (χ3n) is 7.08. The maximum atomic E-state index is 12.6. The van der Waals surface area contributed by atoms with Gasteiger partial charge in [0.2, 0.25) is 5.91 Å². The molecule has 3 fully saturated rings. The van der Waals surface area contributed by atoms with E-state index in [4.69, 9.17) is 4.74 Å². The highest BCUT2D eigenvalue weighted by molar-refractivity contribution is 14.0. The second-order valence-electron chi connectivity index (χ2n) is 9.25. The van der Waals surface area contributed by atoms with Gasteiger partial charge in [0.25, 0.3) is 0 Å². The predicted octanol–water partition coefficient (Wildman–Crippen LogP) is 1.60. The molecule has 0 spiro atoms. The van der Waals surface area contributed by atoms with Gasteiger partial charge in [0.15, 0.2) is 5.96 Å². The van der Waals surface area contributed by atoms with Crippen LogP contribution in [0.25, 0.3) is 0 Å². The Morgan fingerprint density at radius 3 is 2.25 bits per heavy atom. The molecule has 9 heteroatoms. The van der Waals surface area contributed by atoms with Gasteiger partial charge < -0.3 is 25.2 Å². The Morgan fingerprint density at radius 2 is 1.62 bits per heavy atom. The number of likely N-dealkylation sites (tertiary alicyclic amines) is 1. The highest BCUT2D eigenvalue weighted by Crippen LogP contribution is 2.26. The fourth-order valence-electron chi connectivity index (χ4n) is 5.08. The van der Waals surface area contributed by atoms with E-state index in [2.05, 4.69) is 30.3 Å². The molecule has 0 aromatic carbocycles. The fraction of sp³-hybridized carbons (Fsp3) is 0.913. The van der Waals surface area contributed by atoms with Crippen LogP contribution >= 0.6 is 24.0 Å². The minimum Gasteiger partial charge on any atom is -0.385 e. The summed E-state index contributed by atoms with van der Waals surface area (Å²) < 4.78 is 5.16. The van der Waals surface area contributed by atoms with E-state index in [1.165, 1.54) is 12.8 Å². The summed E-state index contributed by atoms with van der Waals surface area (Å²) in [6, 6.07) is 0.495. The lowest BCUT2D eigenvalue weighted by atomic mass is 10.1. The van der Waals surface area contributed by atoms with Gasteiger partial charge in [-0.25, -0.2) is 0 Å². The standard InChI is InChI=1S/C23H44N6O2.HI/c1-24-23(26-21-8-12-27(13-9-21)11-5-19-31-2)25-10-14-28-15-17-29(18-16-28)22(30)20-6-3-4-7-20;/h20-21H,3-19H2,1-2H3,(H2,24,25,26);1H. The Bertz CT molecular complexity index is 557. The summed E-state index contributed by atoms with van der Waals surface area (Å²) in [6.07, 6.45) is 8.08. The Kier molecular flexibility index (Phi) is 13.2. The molecule has 3 rings (SSSR count). The van der Waals surface area contributed by atoms with Crippen molar-refractivity contribution in [3.63, 3.8) is 0 Å². The minimum absolute atomic E-state index is 0. The fourth-order valence-corrected chi connectivity index (χ4v) is 5.08. The van der Waals surface area contributed by atoms with E-state index in [0.717, 1.165) is 104 Å². The number of nitrogens with zero attached hydrogens (tertiary/aromatic N) is 4. The highest BCUT2D eigenvalue weighted by Gasteiger charge is 2.29. The van der Waals surface area contributed by atoms with Crippen molar-refractivity contribution in [2.24, 2.45) is 10.9 Å². The SMILES string of the molecule is CN=C(NCCN1CCN(C(=O)C2CCCC2)CC1)NC1CCN(CCCOC)CC1.I. The van der Waals surface area contributed by atoms with Crippen LogP contribution in [-0.2, 0) is 9.53 Å². The number of ether oxygens (including phenoxy) is 1. The van der Waals surface area contributed by atoms with Crippen LogP contribution in [0.4, 0.5) is 0 Å². The number of rotatable bonds is 9. The van der Waals surface area contributed by atoms with Gasteiger partial charge in [-0.1, -0.05) is 12.8 Å². The number of hydrogen-bond donors (Lipinski definition) is 2. The van der Waals surface area contributed by atoms with Gasteiger partial charge >= 0.3 is 0 Å². The molecular formula is C23H45IN6O2. The van der Waals surface area contributed by atoms with Crippen LogP contribution < -0.4 is 10.6 Å². The van der Waals surface area contributed by atoms with Crippen molar-refractivity contribution >= 4 is 35.8 Å². The zero-order chi connectivity index (χ0) is 21.9. The monoisotopic (exact) mass is 564 g/mol. The summed E-state index contributed by atoms with van der Waals surface area (Å²) >= 11 is 0. The third kappa shape index (κ3) is 8.95. The summed E-state index contributed by atoms with van der Waals surface area (Å²) in [5, 5.41) is 7.08. The number of amides is 1. The van der Waals surface area contributed by atoms with E-state index >= 15 is 0 Å². The van der Waals surface area contributed by atoms with Gasteiger partial charge in [-0.15, -0.1) is 24.0 Å². The zero-order valence-corrected chi connectivity index (χ0v) is 22.5. The molecule has 0 unspecified atom stereocenters. The van der Waals surface area contributed by atoms with E-state index < -0.39 is 0 Å². The van der Waals surface area contributed by atoms with Crippen LogP contribution in [0, 0.1) is 5.92 Å². The lowest BCUT2D eigenvalue weighted by molar-refractivity contribution is -0.137. The van der Waals surface area contributed by atoms with Crippen molar-refractivity contribution in [3.8, 4) is 0 Å². The van der Waals surface area contributed by atoms with Crippen LogP contribution in [0.5, 0.6) is 0 Å². The second-order valence-corrected chi connectivity index (χ2v) is 9.25. The van der Waals surface area contributed by atoms with Crippen LogP contribution in [0.2, 0.25) is 0 Å². The molecule has 8 nitrogen and oxygen atoms in total. The van der Waals surface area contributed by atoms with Gasteiger partial charge in [0, 0.05) is 91.6 Å². The largest absolute Gasteiger partial charge is 0.385 e. The molecule has 1 amide bonds. The highest BCUT2D eigenvalue weighted by atomic mass is 127. The van der Waals surface area contributed by atoms with E-state index in [1.807, 2.05) is 7.05 Å². The van der Waals surface area contributed by atoms with Gasteiger partial charge in [-0.3, -0.25) is 14.7 Å². The van der Waals surface area contributed by atoms with Crippen molar-refractivity contribution in [3.05, 3.63) is 0 Å². The maximum absolute atomic E-state index is 12.6. The number of piperazine rings is 1. The quantitative estimate of drug-likeness (QED) is 0.192. The molecular weight excluding hydrogens is 519 g/mol. The molecule has 0 radical (unpaired) electrons. The molecule has 2 saturated heterocycles. The average Bonchev–Trinajstić information content (AvgIpc) is 3.35. The predicted molar refractivity (Wildman–Crippen MR) is 141 cm³/mol. The summed E-state index contributed by atoms with van der Waals surface area (Å²) in [6.45, 7) is 9.85. The molecule has 1 saturated carbocycles. The first-order valence-corrected chi connectivity index (χ1v) is 12.4. The van der Waals surface area contributed by atoms with Crippen molar-refractivity contribution in [2.45, 2.75) is 51.0 Å². The lowest BCUT2D eigenvalue weighted by Crippen LogP contribution is -2.53. The summed E-state index contributed by atoms with van der Waals surface area (Å²) in [5.41, 5.74) is 0. The number of halogens is 1. The van der Waals surface area contributed by atoms with Crippen molar-refractivity contribution in [1.29, 1.82) is 0 Å². The number of aliphatic imine (C=N–C) groups is 1. The number of guanidine groups is 1. The Labute approximate surface area is 211 Å². The Morgan fingerprint density at radius 1 is 0.969 bits per heavy atom. The summed E-state index contributed by atoms with van der Waals surface area (Å²) in [7, 11) is 3.62. The van der Waals surface area contributed by atoms with Crippen LogP contribution in [0.15, 0.2) is 4.99 Å². The van der Waals surface area contributed by atoms with Crippen LogP contribution in [0.1, 0.15) is 44.9 Å². The molecule has 2 N–H and O–H groups in total. The van der Waals surface area contributed by atoms with E-state index in [0.29, 0.717) is 17.9 Å². The molecule has 2 heterocycles. The summed E-state index contributed by atoms with van der Waals surface area (Å²) in [4.78, 5) is 24.1. The second kappa shape index (κ2) is 15.3. The van der Waals surface area contributed by atoms with Gasteiger partial charge in [-0.05, 0) is 32.1 Å². The van der Waals surface area contributed by atoms with Crippen LogP contribution in [0.3, 0.4) is 0 Å². The number of nitrogens with one attached hydrogen (secondary N) is 2. The normalized spacial score (nSPS) is 22.1. The smallest absolute Gasteiger partial charge is 0.225 e. The first-order valence-electron chi connectivity index (χ1n) is 12.4. The topological polar surface area (TPSA) is 72.4 Å². The number of hydrogen-bond acceptors (Lipinski definition) is 5. The molecule has 186 valence electrons. The van der Waals surface area contributed by atoms with Crippen LogP contribution in [-0.4, -0.2) is 112 Å². The first-order chi connectivity index (χ1) is 15.2. The number of carbonyl (C=O) groups is 1. The molecule has 3 aliphatic rings. The van der Waals surface area contributed by atoms with Crippen molar-refractivity contribution < 1.29 is 9.53 Å². The molecule has 0 bridgehead atoms. The minimum atomic E-state index is 0. The molecule has 1 aliphatic carbocycles. The molecule has 0 aromatic rings. The zero-order valence-electron chi connectivity index (χ0n) is 20.2. The van der Waals surface area contributed by atoms with E-state index in [1.54, 1.807) is 7.11 Å². The molecule has 32 heavy (non-hydrogen) atoms. The third-order valence-corrected chi connectivity index (χ3v) is 7.08. The average molecular weight is 565 g/mol. The lowest BCUT2D eigenvalue weighted by Gasteiger charge is -2.36. The Hall–Kier alpha value is -0.650. The van der Waals surface area contributed by atoms with Crippen molar-refractivity contribution in [2.75, 3.05) is 79.7 Å². The van der Waals surface area contributed by atoms with E-state index in [9.17, 15) is 4.79 Å². The number of carbonyl (C=O) groups excluding carboxylic acids is 1.